The third kappa shape index (κ3) is 38.1. The predicted octanol–water partition coefficient (Wildman–Crippen LogP) is 15.2. The molecule has 0 aromatic heterocycles. The maximum atomic E-state index is 2.86. The summed E-state index contributed by atoms with van der Waals surface area (Å²) in [6.45, 7) is 11.1. The number of hydrogen-bond acceptors (Lipinski definition) is 1. The maximum absolute atomic E-state index is 2.86. The van der Waals surface area contributed by atoms with Gasteiger partial charge in [-0.05, 0) is 19.3 Å². The second-order valence-corrected chi connectivity index (χ2v) is 14.5. The molecule has 0 aliphatic rings. The summed E-state index contributed by atoms with van der Waals surface area (Å²) in [6, 6.07) is 0. The molecular formula is C42H87N+. The van der Waals surface area contributed by atoms with Gasteiger partial charge in [0.2, 0.25) is 0 Å². The Morgan fingerprint density at radius 3 is 0.488 bits per heavy atom. The fourth-order valence-electron chi connectivity index (χ4n) is 6.86. The molecule has 0 saturated heterocycles. The molecule has 0 spiro atoms. The molecular weight excluding hydrogens is 518 g/mol. The van der Waals surface area contributed by atoms with Gasteiger partial charge in [-0.2, -0.15) is 4.90 Å². The number of unbranched alkanes of at least 4 members (excludes halogenated alkanes) is 33. The molecule has 0 fully saturated rings. The van der Waals surface area contributed by atoms with Gasteiger partial charge in [0.1, 0.15) is 19.6 Å². The van der Waals surface area contributed by atoms with Crippen molar-refractivity contribution in [3.63, 3.8) is 0 Å². The minimum atomic E-state index is 1.37. The van der Waals surface area contributed by atoms with Crippen molar-refractivity contribution in [2.45, 2.75) is 252 Å². The Labute approximate surface area is 275 Å². The van der Waals surface area contributed by atoms with Crippen LogP contribution in [0.25, 0.3) is 0 Å². The van der Waals surface area contributed by atoms with Gasteiger partial charge in [-0.3, -0.25) is 0 Å². The van der Waals surface area contributed by atoms with Crippen LogP contribution in [0.5, 0.6) is 0 Å². The monoisotopic (exact) mass is 606 g/mol. The van der Waals surface area contributed by atoms with Crippen LogP contribution >= 0.6 is 0 Å². The van der Waals surface area contributed by atoms with Gasteiger partial charge in [0, 0.05) is 19.3 Å². The van der Waals surface area contributed by atoms with E-state index in [0.29, 0.717) is 0 Å². The van der Waals surface area contributed by atoms with Gasteiger partial charge in [-0.25, -0.2) is 0 Å². The Hall–Kier alpha value is -0.0400. The van der Waals surface area contributed by atoms with E-state index in [0.717, 1.165) is 0 Å². The molecule has 0 aromatic carbocycles. The lowest BCUT2D eigenvalue weighted by Crippen LogP contribution is -2.33. The van der Waals surface area contributed by atoms with Gasteiger partial charge in [0.25, 0.3) is 0 Å². The quantitative estimate of drug-likeness (QED) is 0.0485. The van der Waals surface area contributed by atoms with E-state index in [-0.39, 0.29) is 0 Å². The normalized spacial score (nSPS) is 11.7. The Bertz CT molecular complexity index is 393. The molecule has 1 nitrogen and oxygen atoms in total. The van der Waals surface area contributed by atoms with E-state index in [2.05, 4.69) is 25.7 Å². The lowest BCUT2D eigenvalue weighted by Gasteiger charge is -2.13. The summed E-state index contributed by atoms with van der Waals surface area (Å²) >= 11 is 0. The van der Waals surface area contributed by atoms with E-state index in [1.54, 1.807) is 0 Å². The van der Waals surface area contributed by atoms with Crippen LogP contribution in [0.2, 0.25) is 0 Å². The summed E-state index contributed by atoms with van der Waals surface area (Å²) in [5.74, 6) is 0. The molecule has 0 aromatic rings. The Kier molecular flexibility index (Phi) is 39.9. The van der Waals surface area contributed by atoms with Crippen LogP contribution in [-0.2, 0) is 0 Å². The van der Waals surface area contributed by atoms with Crippen LogP contribution in [-0.4, -0.2) is 19.6 Å². The van der Waals surface area contributed by atoms with Gasteiger partial charge < -0.3 is 0 Å². The number of hydrogen-bond donors (Lipinski definition) is 0. The molecule has 0 atom stereocenters. The molecule has 0 aliphatic carbocycles. The highest BCUT2D eigenvalue weighted by molar-refractivity contribution is 4.66. The summed E-state index contributed by atoms with van der Waals surface area (Å²) < 4.78 is 0. The third-order valence-corrected chi connectivity index (χ3v) is 9.98. The molecule has 0 aliphatic heterocycles. The van der Waals surface area contributed by atoms with E-state index in [9.17, 15) is 0 Å². The molecule has 259 valence electrons. The summed E-state index contributed by atoms with van der Waals surface area (Å²) in [5.41, 5.74) is 0. The van der Waals surface area contributed by atoms with Crippen molar-refractivity contribution >= 4 is 0 Å². The van der Waals surface area contributed by atoms with Crippen molar-refractivity contribution in [3.05, 3.63) is 0 Å². The third-order valence-electron chi connectivity index (χ3n) is 9.98. The number of rotatable bonds is 39. The van der Waals surface area contributed by atoms with Gasteiger partial charge in [0.15, 0.2) is 0 Å². The van der Waals surface area contributed by atoms with Gasteiger partial charge >= 0.3 is 0 Å². The van der Waals surface area contributed by atoms with Crippen molar-refractivity contribution < 1.29 is 0 Å². The van der Waals surface area contributed by atoms with E-state index in [1.165, 1.54) is 251 Å². The zero-order valence-corrected chi connectivity index (χ0v) is 31.0. The summed E-state index contributed by atoms with van der Waals surface area (Å²) in [7, 11) is 0. The lowest BCUT2D eigenvalue weighted by atomic mass is 10.0. The summed E-state index contributed by atoms with van der Waals surface area (Å²) in [4.78, 5) is 2.86. The van der Waals surface area contributed by atoms with Crippen molar-refractivity contribution in [2.24, 2.45) is 0 Å². The molecule has 1 radical (unpaired) electrons. The second kappa shape index (κ2) is 40.0. The first-order valence-electron chi connectivity index (χ1n) is 21.1. The second-order valence-electron chi connectivity index (χ2n) is 14.5. The average Bonchev–Trinajstić information content (AvgIpc) is 3.02. The highest BCUT2D eigenvalue weighted by Gasteiger charge is 2.13. The fraction of sp³-hybridized carbons (Fsp3) is 1.00. The minimum Gasteiger partial charge on any atom is -0.170 e. The van der Waals surface area contributed by atoms with Crippen molar-refractivity contribution in [2.75, 3.05) is 19.6 Å². The lowest BCUT2D eigenvalue weighted by molar-refractivity contribution is 0.366. The largest absolute Gasteiger partial charge is 0.170 e. The molecule has 0 rings (SSSR count). The highest BCUT2D eigenvalue weighted by atomic mass is 15.1. The van der Waals surface area contributed by atoms with E-state index >= 15 is 0 Å². The van der Waals surface area contributed by atoms with Crippen molar-refractivity contribution in [1.82, 2.24) is 4.90 Å². The van der Waals surface area contributed by atoms with Gasteiger partial charge in [-0.1, -0.05) is 213 Å². The molecule has 1 heteroatoms. The first kappa shape index (κ1) is 43.0. The van der Waals surface area contributed by atoms with Crippen LogP contribution in [0.4, 0.5) is 0 Å². The Morgan fingerprint density at radius 2 is 0.326 bits per heavy atom. The molecule has 0 N–H and O–H groups in total. The summed E-state index contributed by atoms with van der Waals surface area (Å²) in [5, 5.41) is 0. The highest BCUT2D eigenvalue weighted by Crippen LogP contribution is 2.15. The first-order valence-corrected chi connectivity index (χ1v) is 21.1. The molecule has 0 unspecified atom stereocenters. The predicted molar refractivity (Wildman–Crippen MR) is 200 cm³/mol. The standard InChI is InChI=1S/C42H87N/c1-4-7-10-13-16-19-22-25-28-31-34-37-40-43(41-38-35-32-29-26-23-20-17-14-11-8-5-2)42-39-36-33-30-27-24-21-18-15-12-9-6-3/h4-42H2,1-3H3/q+1. The van der Waals surface area contributed by atoms with Crippen LogP contribution in [0.3, 0.4) is 0 Å². The van der Waals surface area contributed by atoms with Crippen molar-refractivity contribution in [1.29, 1.82) is 0 Å². The molecule has 0 heterocycles. The molecule has 0 saturated carbocycles. The topological polar surface area (TPSA) is 5.90 Å². The first-order chi connectivity index (χ1) is 21.3. The fourth-order valence-corrected chi connectivity index (χ4v) is 6.86. The van der Waals surface area contributed by atoms with E-state index in [4.69, 9.17) is 0 Å². The molecule has 0 amide bonds. The van der Waals surface area contributed by atoms with Crippen LogP contribution < -0.4 is 4.90 Å². The zero-order valence-electron chi connectivity index (χ0n) is 31.0. The van der Waals surface area contributed by atoms with Gasteiger partial charge in [-0.15, -0.1) is 0 Å². The van der Waals surface area contributed by atoms with Crippen LogP contribution in [0.1, 0.15) is 252 Å². The van der Waals surface area contributed by atoms with Crippen LogP contribution in [0, 0.1) is 0 Å². The van der Waals surface area contributed by atoms with Crippen LogP contribution in [0.15, 0.2) is 0 Å². The molecule has 0 bridgehead atoms. The minimum absolute atomic E-state index is 1.37. The van der Waals surface area contributed by atoms with E-state index in [1.807, 2.05) is 0 Å². The Balaban J connectivity index is 3.90. The average molecular weight is 606 g/mol. The SMILES string of the molecule is CCCCCCCCCCCCCC[N+](CCCCCCCCCCCCCC)CCCCCCCCCCCCCC. The smallest absolute Gasteiger partial charge is 0.122 e. The molecule has 43 heavy (non-hydrogen) atoms. The summed E-state index contributed by atoms with van der Waals surface area (Å²) in [6.07, 6.45) is 52.6. The van der Waals surface area contributed by atoms with Gasteiger partial charge in [0.05, 0.1) is 0 Å². The number of nitrogens with zero attached hydrogens (tertiary/aromatic N) is 1. The van der Waals surface area contributed by atoms with Crippen molar-refractivity contribution in [3.8, 4) is 0 Å². The zero-order chi connectivity index (χ0) is 31.2. The van der Waals surface area contributed by atoms with E-state index < -0.39 is 0 Å². The Morgan fingerprint density at radius 1 is 0.186 bits per heavy atom. The maximum Gasteiger partial charge on any atom is 0.122 e.